The molecule has 1 aliphatic carbocycles. The van der Waals surface area contributed by atoms with Crippen LogP contribution in [0.3, 0.4) is 0 Å². The number of furan rings is 2. The first-order chi connectivity index (χ1) is 25.8. The molecule has 0 unspecified atom stereocenters. The number of nitrogens with zero attached hydrogens (tertiary/aromatic N) is 2. The summed E-state index contributed by atoms with van der Waals surface area (Å²) in [5.41, 5.74) is 13.1. The number of fused-ring (bicyclic) bond motifs is 13. The molecule has 11 aromatic rings. The summed E-state index contributed by atoms with van der Waals surface area (Å²) in [7, 11) is 0. The lowest BCUT2D eigenvalue weighted by Gasteiger charge is -2.14. The second-order valence-corrected chi connectivity index (χ2v) is 14.0. The van der Waals surface area contributed by atoms with E-state index in [1.807, 2.05) is 12.1 Å². The summed E-state index contributed by atoms with van der Waals surface area (Å²) < 4.78 is 17.9. The van der Waals surface area contributed by atoms with Crippen LogP contribution in [-0.2, 0) is 0 Å². The van der Waals surface area contributed by atoms with Crippen molar-refractivity contribution in [1.82, 2.24) is 9.13 Å². The number of aromatic nitrogens is 2. The molecule has 0 saturated carbocycles. The zero-order valence-corrected chi connectivity index (χ0v) is 28.1. The van der Waals surface area contributed by atoms with E-state index in [1.165, 1.54) is 49.4 Å². The lowest BCUT2D eigenvalue weighted by atomic mass is 10.0. The third kappa shape index (κ3) is 3.81. The average molecular weight is 667 g/mol. The summed E-state index contributed by atoms with van der Waals surface area (Å²) in [6.07, 6.45) is 8.69. The summed E-state index contributed by atoms with van der Waals surface area (Å²) in [6.45, 7) is 0. The number of benzene rings is 7. The molecule has 0 fully saturated rings. The van der Waals surface area contributed by atoms with Gasteiger partial charge in [0.2, 0.25) is 0 Å². The largest absolute Gasteiger partial charge is 0.456 e. The van der Waals surface area contributed by atoms with Crippen LogP contribution in [0, 0.1) is 0 Å². The van der Waals surface area contributed by atoms with E-state index >= 15 is 0 Å². The van der Waals surface area contributed by atoms with E-state index in [4.69, 9.17) is 8.83 Å². The van der Waals surface area contributed by atoms with E-state index in [2.05, 4.69) is 155 Å². The Morgan fingerprint density at radius 3 is 1.98 bits per heavy atom. The van der Waals surface area contributed by atoms with Crippen molar-refractivity contribution < 1.29 is 8.83 Å². The van der Waals surface area contributed by atoms with E-state index < -0.39 is 0 Å². The summed E-state index contributed by atoms with van der Waals surface area (Å²) in [5.74, 6) is 0. The van der Waals surface area contributed by atoms with Crippen molar-refractivity contribution in [1.29, 1.82) is 0 Å². The van der Waals surface area contributed by atoms with Crippen molar-refractivity contribution in [2.45, 2.75) is 12.8 Å². The normalized spacial score (nSPS) is 13.7. The molecule has 4 nitrogen and oxygen atoms in total. The van der Waals surface area contributed by atoms with Gasteiger partial charge in [-0.15, -0.1) is 0 Å². The van der Waals surface area contributed by atoms with E-state index in [9.17, 15) is 0 Å². The monoisotopic (exact) mass is 666 g/mol. The average Bonchev–Trinajstić information content (AvgIpc) is 3.94. The fourth-order valence-electron chi connectivity index (χ4n) is 8.81. The maximum atomic E-state index is 6.65. The molecule has 0 radical (unpaired) electrons. The van der Waals surface area contributed by atoms with Crippen LogP contribution in [0.5, 0.6) is 0 Å². The Balaban J connectivity index is 1.14. The van der Waals surface area contributed by atoms with Gasteiger partial charge < -0.3 is 18.0 Å². The first-order valence-corrected chi connectivity index (χ1v) is 18.0. The van der Waals surface area contributed by atoms with Gasteiger partial charge in [-0.05, 0) is 84.6 Å². The van der Waals surface area contributed by atoms with Crippen LogP contribution < -0.4 is 0 Å². The predicted molar refractivity (Wildman–Crippen MR) is 216 cm³/mol. The van der Waals surface area contributed by atoms with Gasteiger partial charge in [0.1, 0.15) is 16.7 Å². The Kier molecular flexibility index (Phi) is 5.58. The third-order valence-electron chi connectivity index (χ3n) is 11.2. The maximum Gasteiger partial charge on any atom is 0.160 e. The smallest absolute Gasteiger partial charge is 0.160 e. The summed E-state index contributed by atoms with van der Waals surface area (Å²) >= 11 is 0. The molecule has 0 spiro atoms. The lowest BCUT2D eigenvalue weighted by molar-refractivity contribution is 0.669. The first kappa shape index (κ1) is 28.0. The molecule has 1 aliphatic rings. The van der Waals surface area contributed by atoms with Crippen molar-refractivity contribution in [3.05, 3.63) is 158 Å². The van der Waals surface area contributed by atoms with Crippen LogP contribution >= 0.6 is 0 Å². The number of para-hydroxylation sites is 3. The highest BCUT2D eigenvalue weighted by atomic mass is 16.3. The maximum absolute atomic E-state index is 6.65. The molecule has 4 heterocycles. The third-order valence-corrected chi connectivity index (χ3v) is 11.2. The Morgan fingerprint density at radius 2 is 1.13 bits per heavy atom. The van der Waals surface area contributed by atoms with Crippen LogP contribution in [0.1, 0.15) is 12.8 Å². The molecule has 244 valence electrons. The molecule has 7 aromatic carbocycles. The number of hydrogen-bond acceptors (Lipinski definition) is 2. The van der Waals surface area contributed by atoms with E-state index in [0.717, 1.165) is 73.4 Å². The van der Waals surface area contributed by atoms with E-state index in [0.29, 0.717) is 0 Å². The van der Waals surface area contributed by atoms with Crippen molar-refractivity contribution in [3.63, 3.8) is 0 Å². The van der Waals surface area contributed by atoms with Crippen molar-refractivity contribution >= 4 is 93.2 Å². The van der Waals surface area contributed by atoms with Crippen LogP contribution in [-0.4, -0.2) is 9.13 Å². The van der Waals surface area contributed by atoms with Gasteiger partial charge in [-0.1, -0.05) is 91.0 Å². The predicted octanol–water partition coefficient (Wildman–Crippen LogP) is 13.5. The van der Waals surface area contributed by atoms with Gasteiger partial charge in [-0.3, -0.25) is 0 Å². The Morgan fingerprint density at radius 1 is 0.442 bits per heavy atom. The molecule has 0 atom stereocenters. The highest BCUT2D eigenvalue weighted by Gasteiger charge is 2.22. The molecule has 0 N–H and O–H groups in total. The standard InChI is InChI=1S/C48H30N2O2/c1-3-11-31(12-4-1)49-41-24-20-29(25-38(41)39-27-40-35-16-8-9-17-44(35)51-46(40)28-43(39)49)30-19-21-33-36-22-23-37-34-15-7-10-18-45(34)52-48(37)47(36)50(42(33)26-30)32-13-5-2-6-14-32/h1-5,7-13,15-28H,6,14H2. The summed E-state index contributed by atoms with van der Waals surface area (Å²) in [6, 6.07) is 50.3. The van der Waals surface area contributed by atoms with E-state index in [1.54, 1.807) is 0 Å². The molecule has 4 heteroatoms. The van der Waals surface area contributed by atoms with Crippen LogP contribution in [0.2, 0.25) is 0 Å². The van der Waals surface area contributed by atoms with Crippen LogP contribution in [0.25, 0.3) is 110 Å². The Hall–Kier alpha value is -6.78. The van der Waals surface area contributed by atoms with E-state index in [-0.39, 0.29) is 0 Å². The van der Waals surface area contributed by atoms with Crippen LogP contribution in [0.4, 0.5) is 0 Å². The van der Waals surface area contributed by atoms with Crippen molar-refractivity contribution in [3.8, 4) is 16.8 Å². The molecule has 4 aromatic heterocycles. The summed E-state index contributed by atoms with van der Waals surface area (Å²) in [5, 5.41) is 9.44. The van der Waals surface area contributed by atoms with Gasteiger partial charge in [-0.2, -0.15) is 0 Å². The highest BCUT2D eigenvalue weighted by Crippen LogP contribution is 2.44. The molecular formula is C48H30N2O2. The van der Waals surface area contributed by atoms with Gasteiger partial charge in [0.15, 0.2) is 5.58 Å². The molecule has 0 saturated heterocycles. The second kappa shape index (κ2) is 10.4. The number of hydrogen-bond donors (Lipinski definition) is 0. The second-order valence-electron chi connectivity index (χ2n) is 14.0. The quantitative estimate of drug-likeness (QED) is 0.188. The van der Waals surface area contributed by atoms with Gasteiger partial charge >= 0.3 is 0 Å². The minimum atomic E-state index is 0.901. The zero-order chi connectivity index (χ0) is 33.9. The van der Waals surface area contributed by atoms with Crippen molar-refractivity contribution in [2.75, 3.05) is 0 Å². The Labute approximate surface area is 297 Å². The molecule has 0 amide bonds. The number of allylic oxidation sites excluding steroid dienone is 4. The van der Waals surface area contributed by atoms with Crippen molar-refractivity contribution in [2.24, 2.45) is 0 Å². The summed E-state index contributed by atoms with van der Waals surface area (Å²) in [4.78, 5) is 0. The van der Waals surface area contributed by atoms with Crippen LogP contribution in [0.15, 0.2) is 167 Å². The van der Waals surface area contributed by atoms with Gasteiger partial charge in [-0.25, -0.2) is 0 Å². The minimum Gasteiger partial charge on any atom is -0.456 e. The number of rotatable bonds is 3. The molecule has 0 aliphatic heterocycles. The van der Waals surface area contributed by atoms with Gasteiger partial charge in [0, 0.05) is 60.5 Å². The molecule has 0 bridgehead atoms. The van der Waals surface area contributed by atoms with Gasteiger partial charge in [0.05, 0.1) is 22.1 Å². The fourth-order valence-corrected chi connectivity index (χ4v) is 8.81. The molecule has 12 rings (SSSR count). The SMILES string of the molecule is C1=CCCC(n2c3cc(-c4ccc5c(c4)c4cc6c(cc4n5-c4ccccc4)oc4ccccc46)ccc3c3ccc4c5ccccc5oc4c32)=C1. The lowest BCUT2D eigenvalue weighted by Crippen LogP contribution is -1.99. The molecule has 52 heavy (non-hydrogen) atoms. The topological polar surface area (TPSA) is 36.1 Å². The Bertz CT molecular complexity index is 3340. The first-order valence-electron chi connectivity index (χ1n) is 18.0. The minimum absolute atomic E-state index is 0.901. The fraction of sp³-hybridized carbons (Fsp3) is 0.0417. The zero-order valence-electron chi connectivity index (χ0n) is 28.1. The molecular weight excluding hydrogens is 637 g/mol. The van der Waals surface area contributed by atoms with Gasteiger partial charge in [0.25, 0.3) is 0 Å². The highest BCUT2D eigenvalue weighted by molar-refractivity contribution is 6.23.